The fourth-order valence-corrected chi connectivity index (χ4v) is 3.67. The van der Waals surface area contributed by atoms with Crippen molar-refractivity contribution < 1.29 is 4.79 Å². The molecule has 5 heteroatoms. The van der Waals surface area contributed by atoms with Gasteiger partial charge in [-0.15, -0.1) is 0 Å². The number of nitrogens with zero attached hydrogens (tertiary/aromatic N) is 3. The third-order valence-corrected chi connectivity index (χ3v) is 4.75. The molecule has 1 heterocycles. The molecular weight excluding hydrogens is 324 g/mol. The van der Waals surface area contributed by atoms with Crippen molar-refractivity contribution in [2.24, 2.45) is 16.8 Å². The number of nitrogens with one attached hydrogen (secondary N) is 1. The molecule has 0 saturated carbocycles. The minimum Gasteiger partial charge on any atom is -0.357 e. The number of guanidine groups is 1. The number of piperidine rings is 1. The lowest BCUT2D eigenvalue weighted by atomic mass is 9.92. The summed E-state index contributed by atoms with van der Waals surface area (Å²) in [6, 6.07) is 7.88. The first-order valence-corrected chi connectivity index (χ1v) is 9.74. The van der Waals surface area contributed by atoms with Crippen LogP contribution in [-0.2, 0) is 6.42 Å². The van der Waals surface area contributed by atoms with Gasteiger partial charge in [0, 0.05) is 45.8 Å². The molecule has 0 aromatic heterocycles. The Labute approximate surface area is 158 Å². The lowest BCUT2D eigenvalue weighted by Crippen LogP contribution is -2.48. The number of aliphatic imine (C=N–C) groups is 1. The first-order valence-electron chi connectivity index (χ1n) is 9.74. The zero-order chi connectivity index (χ0) is 19.1. The number of amides is 1. The van der Waals surface area contributed by atoms with Gasteiger partial charge in [-0.05, 0) is 49.3 Å². The fraction of sp³-hybridized carbons (Fsp3) is 0.619. The van der Waals surface area contributed by atoms with E-state index in [9.17, 15) is 4.79 Å². The van der Waals surface area contributed by atoms with Crippen molar-refractivity contribution in [3.8, 4) is 0 Å². The molecule has 0 spiro atoms. The molecule has 1 N–H and O–H groups in total. The van der Waals surface area contributed by atoms with E-state index in [2.05, 4.69) is 37.1 Å². The van der Waals surface area contributed by atoms with Crippen LogP contribution in [-0.4, -0.2) is 61.9 Å². The molecule has 1 aromatic carbocycles. The molecule has 1 saturated heterocycles. The van der Waals surface area contributed by atoms with E-state index in [1.54, 1.807) is 19.0 Å². The van der Waals surface area contributed by atoms with Crippen LogP contribution in [0.25, 0.3) is 0 Å². The maximum absolute atomic E-state index is 12.1. The molecule has 0 aliphatic carbocycles. The van der Waals surface area contributed by atoms with E-state index in [0.29, 0.717) is 11.8 Å². The van der Waals surface area contributed by atoms with Gasteiger partial charge in [-0.1, -0.05) is 26.0 Å². The summed E-state index contributed by atoms with van der Waals surface area (Å²) < 4.78 is 0. The lowest BCUT2D eigenvalue weighted by molar-refractivity contribution is 0.0827. The summed E-state index contributed by atoms with van der Waals surface area (Å²) in [4.78, 5) is 21.0. The van der Waals surface area contributed by atoms with Crippen LogP contribution in [0.5, 0.6) is 0 Å². The molecule has 5 nitrogen and oxygen atoms in total. The standard InChI is InChI=1S/C21H34N4O/c1-6-22-21(25-14-16(2)12-17(3)15-25)23-11-10-18-8-7-9-19(13-18)20(26)24(4)5/h7-9,13,16-17H,6,10-12,14-15H2,1-5H3,(H,22,23). The van der Waals surface area contributed by atoms with Crippen LogP contribution >= 0.6 is 0 Å². The normalized spacial score (nSPS) is 20.8. The van der Waals surface area contributed by atoms with Gasteiger partial charge in [0.15, 0.2) is 5.96 Å². The third-order valence-electron chi connectivity index (χ3n) is 4.75. The highest BCUT2D eigenvalue weighted by Crippen LogP contribution is 2.21. The van der Waals surface area contributed by atoms with Gasteiger partial charge in [0.1, 0.15) is 0 Å². The van der Waals surface area contributed by atoms with Gasteiger partial charge in [-0.25, -0.2) is 0 Å². The first kappa shape index (κ1) is 20.3. The van der Waals surface area contributed by atoms with Gasteiger partial charge in [-0.2, -0.15) is 0 Å². The monoisotopic (exact) mass is 358 g/mol. The Morgan fingerprint density at radius 3 is 2.58 bits per heavy atom. The summed E-state index contributed by atoms with van der Waals surface area (Å²) >= 11 is 0. The largest absolute Gasteiger partial charge is 0.357 e. The van der Waals surface area contributed by atoms with E-state index in [0.717, 1.165) is 49.7 Å². The molecule has 0 bridgehead atoms. The molecular formula is C21H34N4O. The highest BCUT2D eigenvalue weighted by Gasteiger charge is 2.23. The Hall–Kier alpha value is -2.04. The van der Waals surface area contributed by atoms with Crippen LogP contribution in [0.4, 0.5) is 0 Å². The molecule has 1 aromatic rings. The molecule has 1 amide bonds. The second-order valence-electron chi connectivity index (χ2n) is 7.74. The minimum atomic E-state index is 0.0416. The third kappa shape index (κ3) is 5.75. The average Bonchev–Trinajstić information content (AvgIpc) is 2.59. The molecule has 1 aliphatic heterocycles. The maximum Gasteiger partial charge on any atom is 0.253 e. The number of carbonyl (C=O) groups excluding carboxylic acids is 1. The zero-order valence-electron chi connectivity index (χ0n) is 17.0. The quantitative estimate of drug-likeness (QED) is 0.650. The fourth-order valence-electron chi connectivity index (χ4n) is 3.67. The van der Waals surface area contributed by atoms with Gasteiger partial charge in [0.2, 0.25) is 0 Å². The van der Waals surface area contributed by atoms with Crippen molar-refractivity contribution in [3.63, 3.8) is 0 Å². The number of hydrogen-bond acceptors (Lipinski definition) is 2. The predicted molar refractivity (Wildman–Crippen MR) is 109 cm³/mol. The van der Waals surface area contributed by atoms with Gasteiger partial charge >= 0.3 is 0 Å². The summed E-state index contributed by atoms with van der Waals surface area (Å²) in [5.74, 6) is 2.47. The van der Waals surface area contributed by atoms with Crippen molar-refractivity contribution in [3.05, 3.63) is 35.4 Å². The van der Waals surface area contributed by atoms with Crippen molar-refractivity contribution in [1.29, 1.82) is 0 Å². The Morgan fingerprint density at radius 1 is 1.27 bits per heavy atom. The Balaban J connectivity index is 2.02. The van der Waals surface area contributed by atoms with Crippen LogP contribution in [0.2, 0.25) is 0 Å². The number of likely N-dealkylation sites (tertiary alicyclic amines) is 1. The number of benzene rings is 1. The topological polar surface area (TPSA) is 47.9 Å². The molecule has 2 unspecified atom stereocenters. The van der Waals surface area contributed by atoms with Gasteiger partial charge < -0.3 is 15.1 Å². The summed E-state index contributed by atoms with van der Waals surface area (Å²) in [6.07, 6.45) is 2.13. The Kier molecular flexibility index (Phi) is 7.49. The second kappa shape index (κ2) is 9.60. The average molecular weight is 359 g/mol. The van der Waals surface area contributed by atoms with Crippen LogP contribution in [0.1, 0.15) is 43.1 Å². The summed E-state index contributed by atoms with van der Waals surface area (Å²) in [5.41, 5.74) is 1.89. The van der Waals surface area contributed by atoms with E-state index in [4.69, 9.17) is 4.99 Å². The smallest absolute Gasteiger partial charge is 0.253 e. The highest BCUT2D eigenvalue weighted by atomic mass is 16.2. The molecule has 144 valence electrons. The highest BCUT2D eigenvalue weighted by molar-refractivity contribution is 5.94. The summed E-state index contributed by atoms with van der Waals surface area (Å²) in [7, 11) is 3.56. The second-order valence-corrected chi connectivity index (χ2v) is 7.74. The lowest BCUT2D eigenvalue weighted by Gasteiger charge is -2.37. The summed E-state index contributed by atoms with van der Waals surface area (Å²) in [6.45, 7) is 10.5. The number of hydrogen-bond donors (Lipinski definition) is 1. The molecule has 26 heavy (non-hydrogen) atoms. The Bertz CT molecular complexity index is 616. The van der Waals surface area contributed by atoms with Crippen molar-refractivity contribution in [1.82, 2.24) is 15.1 Å². The van der Waals surface area contributed by atoms with Crippen molar-refractivity contribution in [2.75, 3.05) is 40.3 Å². The Morgan fingerprint density at radius 2 is 1.96 bits per heavy atom. The van der Waals surface area contributed by atoms with E-state index in [-0.39, 0.29) is 5.91 Å². The van der Waals surface area contributed by atoms with Crippen LogP contribution in [0.15, 0.2) is 29.3 Å². The SMILES string of the molecule is CCNC(=NCCc1cccc(C(=O)N(C)C)c1)N1CC(C)CC(C)C1. The zero-order valence-corrected chi connectivity index (χ0v) is 17.0. The predicted octanol–water partition coefficient (Wildman–Crippen LogP) is 2.87. The van der Waals surface area contributed by atoms with E-state index >= 15 is 0 Å². The van der Waals surface area contributed by atoms with Gasteiger partial charge in [0.05, 0.1) is 0 Å². The van der Waals surface area contributed by atoms with Crippen LogP contribution in [0.3, 0.4) is 0 Å². The van der Waals surface area contributed by atoms with E-state index < -0.39 is 0 Å². The van der Waals surface area contributed by atoms with Crippen LogP contribution in [0, 0.1) is 11.8 Å². The molecule has 2 atom stereocenters. The molecule has 2 rings (SSSR count). The van der Waals surface area contributed by atoms with Gasteiger partial charge in [-0.3, -0.25) is 9.79 Å². The van der Waals surface area contributed by atoms with Gasteiger partial charge in [0.25, 0.3) is 5.91 Å². The number of rotatable bonds is 5. The van der Waals surface area contributed by atoms with Crippen molar-refractivity contribution in [2.45, 2.75) is 33.6 Å². The van der Waals surface area contributed by atoms with Crippen LogP contribution < -0.4 is 5.32 Å². The minimum absolute atomic E-state index is 0.0416. The first-order chi connectivity index (χ1) is 12.4. The molecule has 0 radical (unpaired) electrons. The maximum atomic E-state index is 12.1. The number of carbonyl (C=O) groups is 1. The van der Waals surface area contributed by atoms with E-state index in [1.807, 2.05) is 18.2 Å². The summed E-state index contributed by atoms with van der Waals surface area (Å²) in [5, 5.41) is 3.44. The van der Waals surface area contributed by atoms with E-state index in [1.165, 1.54) is 6.42 Å². The molecule has 1 fully saturated rings. The molecule has 1 aliphatic rings. The van der Waals surface area contributed by atoms with Crippen molar-refractivity contribution >= 4 is 11.9 Å².